The highest BCUT2D eigenvalue weighted by Crippen LogP contribution is 2.54. The molecule has 0 fully saturated rings. The summed E-state index contributed by atoms with van der Waals surface area (Å²) in [4.78, 5) is 0. The highest BCUT2D eigenvalue weighted by atomic mass is 16.5. The smallest absolute Gasteiger partial charge is 0.143 e. The molecule has 1 unspecified atom stereocenters. The Bertz CT molecular complexity index is 2460. The highest BCUT2D eigenvalue weighted by Gasteiger charge is 2.47. The van der Waals surface area contributed by atoms with Gasteiger partial charge in [0.25, 0.3) is 0 Å². The van der Waals surface area contributed by atoms with Crippen molar-refractivity contribution in [3.63, 3.8) is 0 Å². The number of furan rings is 1. The van der Waals surface area contributed by atoms with Crippen LogP contribution in [0.2, 0.25) is 0 Å². The average Bonchev–Trinajstić information content (AvgIpc) is 3.73. The van der Waals surface area contributed by atoms with Crippen molar-refractivity contribution in [1.29, 1.82) is 0 Å². The van der Waals surface area contributed by atoms with Crippen molar-refractivity contribution in [1.82, 2.24) is 0 Å². The van der Waals surface area contributed by atoms with Gasteiger partial charge in [0, 0.05) is 23.4 Å². The van der Waals surface area contributed by atoms with Crippen molar-refractivity contribution in [3.8, 4) is 22.3 Å². The third-order valence-corrected chi connectivity index (χ3v) is 11.5. The largest absolute Gasteiger partial charge is 0.455 e. The van der Waals surface area contributed by atoms with Gasteiger partial charge in [-0.25, -0.2) is 0 Å². The Balaban J connectivity index is 0.000000400. The second-order valence-electron chi connectivity index (χ2n) is 15.3. The maximum atomic E-state index is 6.89. The van der Waals surface area contributed by atoms with E-state index >= 15 is 0 Å². The van der Waals surface area contributed by atoms with Gasteiger partial charge in [0.15, 0.2) is 0 Å². The van der Waals surface area contributed by atoms with E-state index in [1.54, 1.807) is 7.11 Å². The summed E-state index contributed by atoms with van der Waals surface area (Å²) in [7, 11) is 28.3. The number of fused-ring (bicyclic) bond motifs is 6. The van der Waals surface area contributed by atoms with Gasteiger partial charge in [-0.1, -0.05) is 161 Å². The van der Waals surface area contributed by atoms with Crippen LogP contribution in [-0.2, 0) is 10.2 Å². The first-order valence-corrected chi connectivity index (χ1v) is 18.7. The Morgan fingerprint density at radius 2 is 1.09 bits per heavy atom. The second-order valence-corrected chi connectivity index (χ2v) is 15.3. The molecule has 262 valence electrons. The van der Waals surface area contributed by atoms with Gasteiger partial charge in [-0.2, -0.15) is 0 Å². The number of rotatable bonds is 4. The van der Waals surface area contributed by atoms with Gasteiger partial charge in [0.05, 0.1) is 11.0 Å². The van der Waals surface area contributed by atoms with Gasteiger partial charge in [-0.15, -0.1) is 10.9 Å². The van der Waals surface area contributed by atoms with E-state index in [1.807, 2.05) is 26.0 Å². The summed E-state index contributed by atoms with van der Waals surface area (Å²) in [6, 6.07) is 40.0. The van der Waals surface area contributed by atoms with E-state index in [9.17, 15) is 0 Å². The second kappa shape index (κ2) is 14.9. The molecule has 0 bridgehead atoms. The number of hydrogen-bond donors (Lipinski definition) is 0. The van der Waals surface area contributed by atoms with Crippen LogP contribution in [0, 0.1) is 12.3 Å². The zero-order valence-corrected chi connectivity index (χ0v) is 33.1. The molecule has 8 rings (SSSR count). The van der Waals surface area contributed by atoms with Crippen LogP contribution in [0.4, 0.5) is 0 Å². The van der Waals surface area contributed by atoms with Crippen molar-refractivity contribution < 1.29 is 9.15 Å². The number of methoxy groups -OCH3 is 1. The Kier molecular flexibility index (Phi) is 10.8. The summed E-state index contributed by atoms with van der Waals surface area (Å²) in [5.41, 5.74) is 11.9. The summed E-state index contributed by atoms with van der Waals surface area (Å²) in [6.45, 7) is 16.8. The van der Waals surface area contributed by atoms with E-state index in [0.29, 0.717) is 21.9 Å². The lowest BCUT2D eigenvalue weighted by molar-refractivity contribution is -0.0620. The predicted octanol–water partition coefficient (Wildman–Crippen LogP) is 8.58. The highest BCUT2D eigenvalue weighted by molar-refractivity contribution is 6.64. The molecule has 0 saturated carbocycles. The molecule has 1 aliphatic carbocycles. The SMILES string of the molecule is CC.COC(C)(C)C(C)(C)C.[B]c1c([B])c([B])c2c(c1[B])-c1ccccc1C2(c1ccccc1)c1ccc(-c2cccc3c2oc2c(C)cccc23)cc1. The first-order chi connectivity index (χ1) is 25.7. The van der Waals surface area contributed by atoms with Crippen molar-refractivity contribution in [2.45, 2.75) is 66.4 Å². The Labute approximate surface area is 327 Å². The molecule has 1 aromatic heterocycles. The Hall–Kier alpha value is -4.66. The number of ether oxygens (including phenoxy) is 1. The van der Waals surface area contributed by atoms with Crippen molar-refractivity contribution >= 4 is 75.2 Å². The van der Waals surface area contributed by atoms with Crippen LogP contribution in [0.5, 0.6) is 0 Å². The molecule has 1 aliphatic rings. The molecule has 0 saturated heterocycles. The van der Waals surface area contributed by atoms with E-state index in [2.05, 4.69) is 145 Å². The Morgan fingerprint density at radius 1 is 0.556 bits per heavy atom. The quantitative estimate of drug-likeness (QED) is 0.172. The monoisotopic (exact) mass is 698 g/mol. The van der Waals surface area contributed by atoms with Crippen molar-refractivity contribution in [2.24, 2.45) is 5.41 Å². The lowest BCUT2D eigenvalue weighted by Crippen LogP contribution is -2.51. The number of para-hydroxylation sites is 2. The van der Waals surface area contributed by atoms with Gasteiger partial charge in [-0.05, 0) is 70.7 Å². The average molecular weight is 698 g/mol. The molecule has 1 atom stereocenters. The van der Waals surface area contributed by atoms with Gasteiger partial charge < -0.3 is 9.15 Å². The fourth-order valence-electron chi connectivity index (χ4n) is 7.51. The van der Waals surface area contributed by atoms with Crippen LogP contribution in [0.25, 0.3) is 44.2 Å². The van der Waals surface area contributed by atoms with Crippen LogP contribution in [0.3, 0.4) is 0 Å². The third kappa shape index (κ3) is 6.17. The summed E-state index contributed by atoms with van der Waals surface area (Å²) >= 11 is 0. The fourth-order valence-corrected chi connectivity index (χ4v) is 7.51. The minimum absolute atomic E-state index is 0.0208. The van der Waals surface area contributed by atoms with Gasteiger partial charge in [0.2, 0.25) is 0 Å². The zero-order valence-electron chi connectivity index (χ0n) is 33.1. The predicted molar refractivity (Wildman–Crippen MR) is 235 cm³/mol. The fraction of sp³-hybridized carbons (Fsp3) is 0.250. The van der Waals surface area contributed by atoms with Crippen LogP contribution in [0.15, 0.2) is 120 Å². The van der Waals surface area contributed by atoms with E-state index < -0.39 is 5.41 Å². The molecule has 8 radical (unpaired) electrons. The molecule has 0 spiro atoms. The van der Waals surface area contributed by atoms with Crippen LogP contribution < -0.4 is 21.9 Å². The Morgan fingerprint density at radius 3 is 1.70 bits per heavy atom. The maximum absolute atomic E-state index is 6.89. The molecule has 0 amide bonds. The number of benzene rings is 6. The first-order valence-electron chi connectivity index (χ1n) is 18.7. The van der Waals surface area contributed by atoms with Gasteiger partial charge >= 0.3 is 0 Å². The molecule has 54 heavy (non-hydrogen) atoms. The third-order valence-electron chi connectivity index (χ3n) is 11.5. The van der Waals surface area contributed by atoms with Crippen molar-refractivity contribution in [3.05, 3.63) is 143 Å². The molecule has 2 nitrogen and oxygen atoms in total. The topological polar surface area (TPSA) is 22.4 Å². The summed E-state index contributed by atoms with van der Waals surface area (Å²) in [6.07, 6.45) is 0. The molecule has 1 heterocycles. The maximum Gasteiger partial charge on any atom is 0.143 e. The van der Waals surface area contributed by atoms with Crippen LogP contribution in [-0.4, -0.2) is 44.1 Å². The van der Waals surface area contributed by atoms with Crippen molar-refractivity contribution in [2.75, 3.05) is 7.11 Å². The molecule has 6 aromatic carbocycles. The number of aryl methyl sites for hydroxylation is 1. The van der Waals surface area contributed by atoms with E-state index in [1.165, 1.54) is 0 Å². The number of hydrogen-bond acceptors (Lipinski definition) is 2. The lowest BCUT2D eigenvalue weighted by Gasteiger charge is -2.37. The molecule has 6 heteroatoms. The van der Waals surface area contributed by atoms with Crippen LogP contribution in [0.1, 0.15) is 76.3 Å². The van der Waals surface area contributed by atoms with Crippen LogP contribution >= 0.6 is 0 Å². The van der Waals surface area contributed by atoms with E-state index in [4.69, 9.17) is 40.5 Å². The van der Waals surface area contributed by atoms with Gasteiger partial charge in [0.1, 0.15) is 42.6 Å². The van der Waals surface area contributed by atoms with E-state index in [-0.39, 0.29) is 11.0 Å². The zero-order chi connectivity index (χ0) is 39.2. The molecule has 0 aliphatic heterocycles. The summed E-state index contributed by atoms with van der Waals surface area (Å²) in [5, 5.41) is 2.23. The standard InChI is InChI=1S/C38H22B4O.C8H18O.C2H6/c1-21-9-7-14-26-27-15-8-13-25(37(27)43-36(21)26)22-17-19-24(20-18-22)38(23-10-3-2-4-11-23)29-16-6-5-12-28(29)30-31(38)33(40)35(42)34(41)32(30)39;1-7(2,3)8(4,5)9-6;1-2/h2-20H,1H3;1-6H3;1-2H3. The molecule has 0 N–H and O–H groups in total. The molecule has 7 aromatic rings. The lowest BCUT2D eigenvalue weighted by atomic mass is 9.58. The van der Waals surface area contributed by atoms with E-state index in [0.717, 1.165) is 72.0 Å². The first kappa shape index (κ1) is 39.0. The normalized spacial score (nSPS) is 14.8. The molecular weight excluding hydrogens is 652 g/mol. The van der Waals surface area contributed by atoms with Gasteiger partial charge in [-0.3, -0.25) is 0 Å². The molecular formula is C48H46B4O2. The minimum Gasteiger partial charge on any atom is -0.455 e. The minimum atomic E-state index is -0.756. The summed E-state index contributed by atoms with van der Waals surface area (Å²) < 4.78 is 11.8. The summed E-state index contributed by atoms with van der Waals surface area (Å²) in [5.74, 6) is 0.